The van der Waals surface area contributed by atoms with Gasteiger partial charge >= 0.3 is 5.97 Å². The van der Waals surface area contributed by atoms with Crippen molar-refractivity contribution in [2.45, 2.75) is 13.3 Å². The summed E-state index contributed by atoms with van der Waals surface area (Å²) in [6.07, 6.45) is 5.36. The van der Waals surface area contributed by atoms with Gasteiger partial charge in [-0.25, -0.2) is 9.97 Å². The molecule has 0 aromatic carbocycles. The molecule has 0 amide bonds. The van der Waals surface area contributed by atoms with Gasteiger partial charge in [0.1, 0.15) is 5.82 Å². The Labute approximate surface area is 105 Å². The first-order valence-electron chi connectivity index (χ1n) is 5.62. The number of nitrogens with zero attached hydrogens (tertiary/aromatic N) is 3. The highest BCUT2D eigenvalue weighted by Crippen LogP contribution is 2.15. The monoisotopic (exact) mass is 243 g/mol. The molecule has 0 aliphatic carbocycles. The average Bonchev–Trinajstić information content (AvgIpc) is 2.40. The van der Waals surface area contributed by atoms with E-state index < -0.39 is 11.9 Å². The van der Waals surface area contributed by atoms with Crippen molar-refractivity contribution in [2.24, 2.45) is 5.92 Å². The van der Waals surface area contributed by atoms with Crippen molar-refractivity contribution in [1.82, 2.24) is 15.0 Å². The number of carboxylic acids is 1. The Morgan fingerprint density at radius 1 is 1.28 bits per heavy atom. The van der Waals surface area contributed by atoms with E-state index in [1.165, 1.54) is 0 Å². The predicted octanol–water partition coefficient (Wildman–Crippen LogP) is 1.80. The molecular formula is C13H13N3O2. The lowest BCUT2D eigenvalue weighted by molar-refractivity contribution is -0.141. The first kappa shape index (κ1) is 12.2. The Hall–Kier alpha value is -2.30. The van der Waals surface area contributed by atoms with E-state index in [-0.39, 0.29) is 0 Å². The van der Waals surface area contributed by atoms with Crippen LogP contribution in [0.5, 0.6) is 0 Å². The fourth-order valence-corrected chi connectivity index (χ4v) is 1.54. The minimum absolute atomic E-state index is 0.328. The number of hydrogen-bond donors (Lipinski definition) is 1. The summed E-state index contributed by atoms with van der Waals surface area (Å²) >= 11 is 0. The molecule has 2 aromatic rings. The largest absolute Gasteiger partial charge is 0.481 e. The summed E-state index contributed by atoms with van der Waals surface area (Å²) in [4.78, 5) is 23.2. The smallest absolute Gasteiger partial charge is 0.306 e. The molecule has 2 heterocycles. The fraction of sp³-hybridized carbons (Fsp3) is 0.231. The molecule has 2 rings (SSSR count). The van der Waals surface area contributed by atoms with Gasteiger partial charge in [-0.15, -0.1) is 0 Å². The van der Waals surface area contributed by atoms with Crippen LogP contribution in [-0.4, -0.2) is 26.0 Å². The molecule has 0 saturated carbocycles. The lowest BCUT2D eigenvalue weighted by Gasteiger charge is -2.06. The van der Waals surface area contributed by atoms with Gasteiger partial charge in [-0.3, -0.25) is 9.78 Å². The number of carbonyl (C=O) groups is 1. The molecule has 1 atom stereocenters. The van der Waals surface area contributed by atoms with Crippen molar-refractivity contribution >= 4 is 5.97 Å². The van der Waals surface area contributed by atoms with E-state index in [9.17, 15) is 4.79 Å². The van der Waals surface area contributed by atoms with Crippen LogP contribution < -0.4 is 0 Å². The van der Waals surface area contributed by atoms with Crippen molar-refractivity contribution in [1.29, 1.82) is 0 Å². The Morgan fingerprint density at radius 3 is 2.67 bits per heavy atom. The van der Waals surface area contributed by atoms with Crippen LogP contribution in [0.1, 0.15) is 12.7 Å². The van der Waals surface area contributed by atoms with Gasteiger partial charge < -0.3 is 5.11 Å². The highest BCUT2D eigenvalue weighted by molar-refractivity contribution is 5.69. The normalized spacial score (nSPS) is 12.1. The van der Waals surface area contributed by atoms with Crippen molar-refractivity contribution in [2.75, 3.05) is 0 Å². The van der Waals surface area contributed by atoms with Crippen LogP contribution in [0.25, 0.3) is 11.3 Å². The van der Waals surface area contributed by atoms with Crippen molar-refractivity contribution < 1.29 is 9.90 Å². The number of carboxylic acid groups (broad SMARTS) is 1. The molecular weight excluding hydrogens is 230 g/mol. The highest BCUT2D eigenvalue weighted by atomic mass is 16.4. The van der Waals surface area contributed by atoms with Gasteiger partial charge in [-0.1, -0.05) is 6.92 Å². The van der Waals surface area contributed by atoms with Crippen LogP contribution in [0.2, 0.25) is 0 Å². The second kappa shape index (κ2) is 5.35. The van der Waals surface area contributed by atoms with Crippen molar-refractivity contribution in [3.63, 3.8) is 0 Å². The van der Waals surface area contributed by atoms with Crippen LogP contribution in [0.3, 0.4) is 0 Å². The van der Waals surface area contributed by atoms with E-state index in [1.807, 2.05) is 12.1 Å². The summed E-state index contributed by atoms with van der Waals surface area (Å²) in [5.74, 6) is -0.787. The van der Waals surface area contributed by atoms with E-state index in [2.05, 4.69) is 15.0 Å². The number of aliphatic carboxylic acids is 1. The maximum Gasteiger partial charge on any atom is 0.306 e. The van der Waals surface area contributed by atoms with Crippen LogP contribution >= 0.6 is 0 Å². The summed E-state index contributed by atoms with van der Waals surface area (Å²) in [6.45, 7) is 1.64. The predicted molar refractivity (Wildman–Crippen MR) is 65.8 cm³/mol. The first-order chi connectivity index (χ1) is 8.66. The van der Waals surface area contributed by atoms with E-state index in [1.54, 1.807) is 31.6 Å². The third kappa shape index (κ3) is 2.88. The van der Waals surface area contributed by atoms with Gasteiger partial charge in [0.15, 0.2) is 0 Å². The molecule has 2 aromatic heterocycles. The molecule has 0 radical (unpaired) electrons. The highest BCUT2D eigenvalue weighted by Gasteiger charge is 2.13. The molecule has 0 fully saturated rings. The maximum absolute atomic E-state index is 10.8. The van der Waals surface area contributed by atoms with Crippen LogP contribution in [-0.2, 0) is 11.2 Å². The summed E-state index contributed by atoms with van der Waals surface area (Å²) < 4.78 is 0. The molecule has 1 unspecified atom stereocenters. The summed E-state index contributed by atoms with van der Waals surface area (Å²) in [5.41, 5.74) is 1.72. The molecule has 1 N–H and O–H groups in total. The quantitative estimate of drug-likeness (QED) is 0.886. The Bertz CT molecular complexity index is 543. The molecule has 0 bridgehead atoms. The van der Waals surface area contributed by atoms with Crippen molar-refractivity contribution in [3.05, 3.63) is 42.6 Å². The topological polar surface area (TPSA) is 76.0 Å². The summed E-state index contributed by atoms with van der Waals surface area (Å²) in [6, 6.07) is 5.50. The molecule has 0 aliphatic heterocycles. The molecule has 5 heteroatoms. The standard InChI is InChI=1S/C13H13N3O2/c1-9(13(17)18)8-12-15-7-4-11(16-12)10-2-5-14-6-3-10/h2-7,9H,8H2,1H3,(H,17,18). The minimum Gasteiger partial charge on any atom is -0.481 e. The van der Waals surface area contributed by atoms with E-state index >= 15 is 0 Å². The van der Waals surface area contributed by atoms with Crippen LogP contribution in [0.15, 0.2) is 36.8 Å². The van der Waals surface area contributed by atoms with Gasteiger partial charge in [-0.2, -0.15) is 0 Å². The second-order valence-corrected chi connectivity index (χ2v) is 4.04. The van der Waals surface area contributed by atoms with Gasteiger partial charge in [0, 0.05) is 30.6 Å². The van der Waals surface area contributed by atoms with Crippen LogP contribution in [0.4, 0.5) is 0 Å². The first-order valence-corrected chi connectivity index (χ1v) is 5.62. The molecule has 0 aliphatic rings. The summed E-state index contributed by atoms with van der Waals surface area (Å²) in [5, 5.41) is 8.87. The van der Waals surface area contributed by atoms with Crippen molar-refractivity contribution in [3.8, 4) is 11.3 Å². The number of hydrogen-bond acceptors (Lipinski definition) is 4. The molecule has 92 valence electrons. The van der Waals surface area contributed by atoms with Gasteiger partial charge in [0.25, 0.3) is 0 Å². The Morgan fingerprint density at radius 2 is 2.00 bits per heavy atom. The zero-order valence-corrected chi connectivity index (χ0v) is 9.95. The third-order valence-corrected chi connectivity index (χ3v) is 2.59. The lowest BCUT2D eigenvalue weighted by Crippen LogP contribution is -2.14. The summed E-state index contributed by atoms with van der Waals surface area (Å²) in [7, 11) is 0. The molecule has 0 spiro atoms. The zero-order valence-electron chi connectivity index (χ0n) is 9.95. The van der Waals surface area contributed by atoms with E-state index in [0.717, 1.165) is 11.3 Å². The average molecular weight is 243 g/mol. The van der Waals surface area contributed by atoms with Gasteiger partial charge in [0.05, 0.1) is 11.6 Å². The fourth-order valence-electron chi connectivity index (χ4n) is 1.54. The SMILES string of the molecule is CC(Cc1nccc(-c2ccncc2)n1)C(=O)O. The second-order valence-electron chi connectivity index (χ2n) is 4.04. The van der Waals surface area contributed by atoms with Crippen LogP contribution in [0, 0.1) is 5.92 Å². The van der Waals surface area contributed by atoms with Gasteiger partial charge in [-0.05, 0) is 18.2 Å². The van der Waals surface area contributed by atoms with Gasteiger partial charge in [0.2, 0.25) is 0 Å². The Kier molecular flexibility index (Phi) is 3.62. The minimum atomic E-state index is -0.840. The number of aromatic nitrogens is 3. The third-order valence-electron chi connectivity index (χ3n) is 2.59. The molecule has 18 heavy (non-hydrogen) atoms. The zero-order chi connectivity index (χ0) is 13.0. The lowest BCUT2D eigenvalue weighted by atomic mass is 10.1. The maximum atomic E-state index is 10.8. The number of pyridine rings is 1. The Balaban J connectivity index is 2.23. The number of rotatable bonds is 4. The molecule has 0 saturated heterocycles. The molecule has 5 nitrogen and oxygen atoms in total. The van der Waals surface area contributed by atoms with E-state index in [0.29, 0.717) is 12.2 Å². The van der Waals surface area contributed by atoms with E-state index in [4.69, 9.17) is 5.11 Å².